The summed E-state index contributed by atoms with van der Waals surface area (Å²) in [6, 6.07) is 18.6. The summed E-state index contributed by atoms with van der Waals surface area (Å²) in [7, 11) is 0. The first kappa shape index (κ1) is 18.1. The standard InChI is InChI=1S/C21H19BrN2O2/c1-13(2)20(25)23-14-6-3-7-15(12-14)24-21(26)18-10-4-9-17-16(18)8-5-11-19(17)22/h3-13H,1-2H3,(H,23,25)(H,24,26). The van der Waals surface area contributed by atoms with Crippen molar-refractivity contribution in [1.82, 2.24) is 0 Å². The van der Waals surface area contributed by atoms with E-state index in [0.29, 0.717) is 16.9 Å². The van der Waals surface area contributed by atoms with Gasteiger partial charge in [-0.25, -0.2) is 0 Å². The van der Waals surface area contributed by atoms with Crippen LogP contribution in [-0.2, 0) is 4.79 Å². The zero-order chi connectivity index (χ0) is 18.7. The van der Waals surface area contributed by atoms with Crippen molar-refractivity contribution in [3.63, 3.8) is 0 Å². The Kier molecular flexibility index (Phi) is 5.38. The summed E-state index contributed by atoms with van der Waals surface area (Å²) < 4.78 is 0.947. The number of amides is 2. The van der Waals surface area contributed by atoms with Gasteiger partial charge in [0.05, 0.1) is 0 Å². The quantitative estimate of drug-likeness (QED) is 0.600. The molecule has 132 valence electrons. The first-order valence-corrected chi connectivity index (χ1v) is 9.14. The number of fused-ring (bicyclic) bond motifs is 1. The summed E-state index contributed by atoms with van der Waals surface area (Å²) >= 11 is 3.52. The number of anilines is 2. The molecule has 0 heterocycles. The summed E-state index contributed by atoms with van der Waals surface area (Å²) in [5.74, 6) is -0.365. The molecule has 0 aliphatic heterocycles. The van der Waals surface area contributed by atoms with Crippen LogP contribution in [-0.4, -0.2) is 11.8 Å². The Morgan fingerprint density at radius 2 is 1.46 bits per heavy atom. The maximum absolute atomic E-state index is 12.8. The molecule has 5 heteroatoms. The summed E-state index contributed by atoms with van der Waals surface area (Å²) in [4.78, 5) is 24.6. The number of nitrogens with one attached hydrogen (secondary N) is 2. The summed E-state index contributed by atoms with van der Waals surface area (Å²) in [6.07, 6.45) is 0. The van der Waals surface area contributed by atoms with E-state index in [2.05, 4.69) is 26.6 Å². The average molecular weight is 411 g/mol. The van der Waals surface area contributed by atoms with Crippen LogP contribution < -0.4 is 10.6 Å². The molecule has 0 aliphatic carbocycles. The van der Waals surface area contributed by atoms with Gasteiger partial charge in [-0.05, 0) is 41.1 Å². The Morgan fingerprint density at radius 3 is 2.19 bits per heavy atom. The van der Waals surface area contributed by atoms with Gasteiger partial charge in [-0.3, -0.25) is 9.59 Å². The summed E-state index contributed by atoms with van der Waals surface area (Å²) in [5.41, 5.74) is 1.88. The lowest BCUT2D eigenvalue weighted by molar-refractivity contribution is -0.118. The van der Waals surface area contributed by atoms with Gasteiger partial charge in [0.2, 0.25) is 5.91 Å². The topological polar surface area (TPSA) is 58.2 Å². The minimum absolute atomic E-state index is 0.0626. The Morgan fingerprint density at radius 1 is 0.846 bits per heavy atom. The van der Waals surface area contributed by atoms with Crippen LogP contribution in [0.4, 0.5) is 11.4 Å². The highest BCUT2D eigenvalue weighted by Gasteiger charge is 2.12. The van der Waals surface area contributed by atoms with E-state index in [1.54, 1.807) is 30.3 Å². The van der Waals surface area contributed by atoms with Crippen molar-refractivity contribution >= 4 is 49.9 Å². The van der Waals surface area contributed by atoms with Gasteiger partial charge in [-0.15, -0.1) is 0 Å². The van der Waals surface area contributed by atoms with Crippen molar-refractivity contribution in [2.45, 2.75) is 13.8 Å². The first-order valence-electron chi connectivity index (χ1n) is 8.35. The van der Waals surface area contributed by atoms with Crippen LogP contribution in [0.2, 0.25) is 0 Å². The normalized spacial score (nSPS) is 10.8. The second-order valence-corrected chi connectivity index (χ2v) is 7.17. The lowest BCUT2D eigenvalue weighted by Gasteiger charge is -2.11. The van der Waals surface area contributed by atoms with Gasteiger partial charge in [0.25, 0.3) is 5.91 Å². The van der Waals surface area contributed by atoms with Crippen LogP contribution in [0.25, 0.3) is 10.8 Å². The molecule has 0 bridgehead atoms. The lowest BCUT2D eigenvalue weighted by Crippen LogP contribution is -2.18. The number of halogens is 1. The molecule has 0 unspecified atom stereocenters. The molecule has 26 heavy (non-hydrogen) atoms. The van der Waals surface area contributed by atoms with Crippen LogP contribution in [0.5, 0.6) is 0 Å². The van der Waals surface area contributed by atoms with E-state index in [-0.39, 0.29) is 17.7 Å². The van der Waals surface area contributed by atoms with E-state index in [9.17, 15) is 9.59 Å². The second kappa shape index (κ2) is 7.70. The molecule has 0 atom stereocenters. The van der Waals surface area contributed by atoms with Crippen LogP contribution in [0, 0.1) is 5.92 Å². The number of rotatable bonds is 4. The molecule has 3 rings (SSSR count). The Labute approximate surface area is 160 Å². The van der Waals surface area contributed by atoms with Gasteiger partial charge in [-0.1, -0.05) is 60.1 Å². The molecule has 2 amide bonds. The SMILES string of the molecule is CC(C)C(=O)Nc1cccc(NC(=O)c2cccc3c(Br)cccc23)c1. The maximum Gasteiger partial charge on any atom is 0.256 e. The second-order valence-electron chi connectivity index (χ2n) is 6.32. The molecule has 2 N–H and O–H groups in total. The van der Waals surface area contributed by atoms with E-state index in [0.717, 1.165) is 15.2 Å². The highest BCUT2D eigenvalue weighted by Crippen LogP contribution is 2.27. The van der Waals surface area contributed by atoms with E-state index < -0.39 is 0 Å². The van der Waals surface area contributed by atoms with Crippen LogP contribution in [0.3, 0.4) is 0 Å². The lowest BCUT2D eigenvalue weighted by atomic mass is 10.0. The molecule has 0 fully saturated rings. The molecule has 0 saturated heterocycles. The fourth-order valence-electron chi connectivity index (χ4n) is 2.63. The molecule has 0 radical (unpaired) electrons. The van der Waals surface area contributed by atoms with Gasteiger partial charge < -0.3 is 10.6 Å². The predicted octanol–water partition coefficient (Wildman–Crippen LogP) is 5.45. The molecule has 0 saturated carbocycles. The van der Waals surface area contributed by atoms with Crippen LogP contribution >= 0.6 is 15.9 Å². The van der Waals surface area contributed by atoms with Crippen molar-refractivity contribution < 1.29 is 9.59 Å². The maximum atomic E-state index is 12.8. The molecule has 4 nitrogen and oxygen atoms in total. The zero-order valence-electron chi connectivity index (χ0n) is 14.5. The van der Waals surface area contributed by atoms with Crippen LogP contribution in [0.15, 0.2) is 65.1 Å². The highest BCUT2D eigenvalue weighted by molar-refractivity contribution is 9.10. The van der Waals surface area contributed by atoms with Gasteiger partial charge in [-0.2, -0.15) is 0 Å². The fourth-order valence-corrected chi connectivity index (χ4v) is 3.13. The minimum Gasteiger partial charge on any atom is -0.326 e. The molecule has 3 aromatic rings. The van der Waals surface area contributed by atoms with Crippen molar-refractivity contribution in [2.75, 3.05) is 10.6 Å². The molecule has 3 aromatic carbocycles. The third-order valence-electron chi connectivity index (χ3n) is 4.03. The van der Waals surface area contributed by atoms with Crippen LogP contribution in [0.1, 0.15) is 24.2 Å². The number of hydrogen-bond donors (Lipinski definition) is 2. The van der Waals surface area contributed by atoms with Crippen molar-refractivity contribution in [1.29, 1.82) is 0 Å². The average Bonchev–Trinajstić information content (AvgIpc) is 2.62. The summed E-state index contributed by atoms with van der Waals surface area (Å²) in [6.45, 7) is 3.67. The minimum atomic E-state index is -0.193. The van der Waals surface area contributed by atoms with Crippen molar-refractivity contribution in [2.24, 2.45) is 5.92 Å². The molecular formula is C21H19BrN2O2. The van der Waals surface area contributed by atoms with Gasteiger partial charge in [0.15, 0.2) is 0 Å². The largest absolute Gasteiger partial charge is 0.326 e. The van der Waals surface area contributed by atoms with E-state index in [1.165, 1.54) is 0 Å². The Hall–Kier alpha value is -2.66. The monoisotopic (exact) mass is 410 g/mol. The third-order valence-corrected chi connectivity index (χ3v) is 4.72. The van der Waals surface area contributed by atoms with E-state index in [1.807, 2.05) is 44.2 Å². The van der Waals surface area contributed by atoms with Gasteiger partial charge in [0.1, 0.15) is 0 Å². The molecule has 0 aromatic heterocycles. The van der Waals surface area contributed by atoms with Crippen molar-refractivity contribution in [3.05, 3.63) is 70.7 Å². The highest BCUT2D eigenvalue weighted by atomic mass is 79.9. The zero-order valence-corrected chi connectivity index (χ0v) is 16.1. The van der Waals surface area contributed by atoms with Gasteiger partial charge in [0, 0.05) is 27.3 Å². The van der Waals surface area contributed by atoms with E-state index >= 15 is 0 Å². The molecular weight excluding hydrogens is 392 g/mol. The summed E-state index contributed by atoms with van der Waals surface area (Å²) in [5, 5.41) is 7.61. The third kappa shape index (κ3) is 3.94. The van der Waals surface area contributed by atoms with Gasteiger partial charge >= 0.3 is 0 Å². The number of benzene rings is 3. The fraction of sp³-hybridized carbons (Fsp3) is 0.143. The van der Waals surface area contributed by atoms with E-state index in [4.69, 9.17) is 0 Å². The Bertz CT molecular complexity index is 983. The molecule has 0 spiro atoms. The number of hydrogen-bond acceptors (Lipinski definition) is 2. The number of carbonyl (C=O) groups is 2. The predicted molar refractivity (Wildman–Crippen MR) is 110 cm³/mol. The molecule has 0 aliphatic rings. The first-order chi connectivity index (χ1) is 12.5. The Balaban J connectivity index is 1.85. The number of carbonyl (C=O) groups excluding carboxylic acids is 2. The van der Waals surface area contributed by atoms with Crippen molar-refractivity contribution in [3.8, 4) is 0 Å². The smallest absolute Gasteiger partial charge is 0.256 e.